The molecule has 0 saturated carbocycles. The zero-order valence-corrected chi connectivity index (χ0v) is 14.4. The fourth-order valence-electron chi connectivity index (χ4n) is 2.08. The predicted octanol–water partition coefficient (Wildman–Crippen LogP) is 4.26. The maximum Gasteiger partial charge on any atom is 0.261 e. The Bertz CT molecular complexity index is 620. The quantitative estimate of drug-likeness (QED) is 0.864. The Morgan fingerprint density at radius 3 is 2.68 bits per heavy atom. The molecule has 1 aromatic carbocycles. The second kappa shape index (κ2) is 7.45. The lowest BCUT2D eigenvalue weighted by Crippen LogP contribution is -2.35. The normalized spacial score (nSPS) is 12.2. The third-order valence-electron chi connectivity index (χ3n) is 3.57. The van der Waals surface area contributed by atoms with Crippen LogP contribution in [0.25, 0.3) is 0 Å². The Hall–Kier alpha value is -1.81. The van der Waals surface area contributed by atoms with Crippen molar-refractivity contribution in [3.05, 3.63) is 51.7 Å². The average Bonchev–Trinajstić information content (AvgIpc) is 3.00. The maximum absolute atomic E-state index is 12.1. The van der Waals surface area contributed by atoms with E-state index in [1.165, 1.54) is 5.56 Å². The van der Waals surface area contributed by atoms with Crippen molar-refractivity contribution >= 4 is 17.2 Å². The van der Waals surface area contributed by atoms with Crippen LogP contribution < -0.4 is 10.1 Å². The number of hydrogen-bond acceptors (Lipinski definition) is 3. The lowest BCUT2D eigenvalue weighted by molar-refractivity contribution is -0.127. The van der Waals surface area contributed by atoms with E-state index >= 15 is 0 Å². The maximum atomic E-state index is 12.1. The molecular weight excluding hydrogens is 294 g/mol. The summed E-state index contributed by atoms with van der Waals surface area (Å²) in [5.41, 5.74) is 2.26. The summed E-state index contributed by atoms with van der Waals surface area (Å²) in [5, 5.41) is 4.91. The van der Waals surface area contributed by atoms with Gasteiger partial charge in [-0.05, 0) is 48.4 Å². The molecule has 1 amide bonds. The van der Waals surface area contributed by atoms with Gasteiger partial charge in [0.1, 0.15) is 5.75 Å². The molecule has 0 bridgehead atoms. The number of thiophene rings is 1. The van der Waals surface area contributed by atoms with Gasteiger partial charge in [-0.25, -0.2) is 0 Å². The van der Waals surface area contributed by atoms with Crippen LogP contribution >= 0.6 is 11.3 Å². The fraction of sp³-hybridized carbons (Fsp3) is 0.389. The molecule has 1 aromatic heterocycles. The molecule has 22 heavy (non-hydrogen) atoms. The van der Waals surface area contributed by atoms with Gasteiger partial charge in [-0.1, -0.05) is 32.0 Å². The van der Waals surface area contributed by atoms with Gasteiger partial charge in [0, 0.05) is 4.88 Å². The second-order valence-electron chi connectivity index (χ2n) is 5.74. The van der Waals surface area contributed by atoms with Gasteiger partial charge in [0.15, 0.2) is 6.10 Å². The Balaban J connectivity index is 1.97. The van der Waals surface area contributed by atoms with E-state index in [9.17, 15) is 4.79 Å². The SMILES string of the molecule is Cc1ccc(C(C)C)cc1OC(C)C(=O)NCc1cccs1. The summed E-state index contributed by atoms with van der Waals surface area (Å²) in [6, 6.07) is 10.2. The van der Waals surface area contributed by atoms with E-state index in [0.717, 1.165) is 16.2 Å². The highest BCUT2D eigenvalue weighted by Crippen LogP contribution is 2.25. The minimum absolute atomic E-state index is 0.0947. The average molecular weight is 317 g/mol. The molecule has 1 atom stereocenters. The number of hydrogen-bond donors (Lipinski definition) is 1. The number of carbonyl (C=O) groups is 1. The van der Waals surface area contributed by atoms with Crippen molar-refractivity contribution in [2.75, 3.05) is 0 Å². The molecule has 1 unspecified atom stereocenters. The predicted molar refractivity (Wildman–Crippen MR) is 91.5 cm³/mol. The van der Waals surface area contributed by atoms with Crippen LogP contribution in [0.5, 0.6) is 5.75 Å². The van der Waals surface area contributed by atoms with Crippen molar-refractivity contribution < 1.29 is 9.53 Å². The third kappa shape index (κ3) is 4.34. The third-order valence-corrected chi connectivity index (χ3v) is 4.45. The Labute approximate surface area is 136 Å². The number of amides is 1. The van der Waals surface area contributed by atoms with Crippen LogP contribution in [0.1, 0.15) is 42.7 Å². The largest absolute Gasteiger partial charge is 0.481 e. The van der Waals surface area contributed by atoms with Gasteiger partial charge in [-0.2, -0.15) is 0 Å². The molecule has 3 nitrogen and oxygen atoms in total. The number of ether oxygens (including phenoxy) is 1. The topological polar surface area (TPSA) is 38.3 Å². The zero-order valence-electron chi connectivity index (χ0n) is 13.6. The standard InChI is InChI=1S/C18H23NO2S/c1-12(2)15-8-7-13(3)17(10-15)21-14(4)18(20)19-11-16-6-5-9-22-16/h5-10,12,14H,11H2,1-4H3,(H,19,20). The number of carbonyl (C=O) groups excluding carboxylic acids is 1. The molecule has 2 rings (SSSR count). The zero-order chi connectivity index (χ0) is 16.1. The summed E-state index contributed by atoms with van der Waals surface area (Å²) in [7, 11) is 0. The van der Waals surface area contributed by atoms with Crippen molar-refractivity contribution in [1.82, 2.24) is 5.32 Å². The lowest BCUT2D eigenvalue weighted by atomic mass is 10.0. The van der Waals surface area contributed by atoms with Crippen molar-refractivity contribution in [2.45, 2.75) is 46.3 Å². The first-order valence-electron chi connectivity index (χ1n) is 7.54. The summed E-state index contributed by atoms with van der Waals surface area (Å²) in [5.74, 6) is 1.12. The van der Waals surface area contributed by atoms with Gasteiger partial charge in [-0.3, -0.25) is 4.79 Å². The van der Waals surface area contributed by atoms with E-state index in [4.69, 9.17) is 4.74 Å². The summed E-state index contributed by atoms with van der Waals surface area (Å²) < 4.78 is 5.86. The lowest BCUT2D eigenvalue weighted by Gasteiger charge is -2.17. The van der Waals surface area contributed by atoms with Gasteiger partial charge in [-0.15, -0.1) is 11.3 Å². The first-order chi connectivity index (χ1) is 10.5. The molecule has 4 heteroatoms. The molecular formula is C18H23NO2S. The van der Waals surface area contributed by atoms with Crippen LogP contribution in [0.4, 0.5) is 0 Å². The monoisotopic (exact) mass is 317 g/mol. The minimum atomic E-state index is -0.513. The van der Waals surface area contributed by atoms with Crippen molar-refractivity contribution in [3.8, 4) is 5.75 Å². The number of rotatable bonds is 6. The Morgan fingerprint density at radius 2 is 2.05 bits per heavy atom. The van der Waals surface area contributed by atoms with Crippen molar-refractivity contribution in [1.29, 1.82) is 0 Å². The molecule has 1 heterocycles. The number of aryl methyl sites for hydroxylation is 1. The molecule has 0 aliphatic carbocycles. The minimum Gasteiger partial charge on any atom is -0.481 e. The van der Waals surface area contributed by atoms with Crippen LogP contribution in [0, 0.1) is 6.92 Å². The summed E-state index contributed by atoms with van der Waals surface area (Å²) >= 11 is 1.63. The Morgan fingerprint density at radius 1 is 1.27 bits per heavy atom. The highest BCUT2D eigenvalue weighted by atomic mass is 32.1. The van der Waals surface area contributed by atoms with E-state index in [2.05, 4.69) is 25.2 Å². The molecule has 2 aromatic rings. The van der Waals surface area contributed by atoms with Crippen molar-refractivity contribution in [2.24, 2.45) is 0 Å². The molecule has 1 N–H and O–H groups in total. The first kappa shape index (κ1) is 16.6. The molecule has 0 radical (unpaired) electrons. The molecule has 0 aliphatic heterocycles. The molecule has 0 aliphatic rings. The van der Waals surface area contributed by atoms with Crippen LogP contribution in [0.2, 0.25) is 0 Å². The number of nitrogens with one attached hydrogen (secondary N) is 1. The van der Waals surface area contributed by atoms with Crippen LogP contribution in [0.15, 0.2) is 35.7 Å². The summed E-state index contributed by atoms with van der Waals surface area (Å²) in [6.45, 7) is 8.62. The highest BCUT2D eigenvalue weighted by Gasteiger charge is 2.16. The summed E-state index contributed by atoms with van der Waals surface area (Å²) in [6.07, 6.45) is -0.513. The van der Waals surface area contributed by atoms with Gasteiger partial charge in [0.25, 0.3) is 5.91 Å². The first-order valence-corrected chi connectivity index (χ1v) is 8.42. The molecule has 118 valence electrons. The van der Waals surface area contributed by atoms with Crippen molar-refractivity contribution in [3.63, 3.8) is 0 Å². The van der Waals surface area contributed by atoms with E-state index < -0.39 is 6.10 Å². The smallest absolute Gasteiger partial charge is 0.261 e. The molecule has 0 saturated heterocycles. The van der Waals surface area contributed by atoms with Crippen LogP contribution in [-0.2, 0) is 11.3 Å². The van der Waals surface area contributed by atoms with Gasteiger partial charge in [0.2, 0.25) is 0 Å². The highest BCUT2D eigenvalue weighted by molar-refractivity contribution is 7.09. The summed E-state index contributed by atoms with van der Waals surface area (Å²) in [4.78, 5) is 13.3. The van der Waals surface area contributed by atoms with E-state index in [1.54, 1.807) is 18.3 Å². The van der Waals surface area contributed by atoms with E-state index in [0.29, 0.717) is 12.5 Å². The van der Waals surface area contributed by atoms with Gasteiger partial charge < -0.3 is 10.1 Å². The Kier molecular flexibility index (Phi) is 5.61. The second-order valence-corrected chi connectivity index (χ2v) is 6.77. The number of benzene rings is 1. The fourth-order valence-corrected chi connectivity index (χ4v) is 2.72. The van der Waals surface area contributed by atoms with E-state index in [1.807, 2.05) is 36.6 Å². The van der Waals surface area contributed by atoms with E-state index in [-0.39, 0.29) is 5.91 Å². The molecule has 0 spiro atoms. The van der Waals surface area contributed by atoms with Gasteiger partial charge >= 0.3 is 0 Å². The van der Waals surface area contributed by atoms with Crippen LogP contribution in [-0.4, -0.2) is 12.0 Å². The van der Waals surface area contributed by atoms with Crippen LogP contribution in [0.3, 0.4) is 0 Å². The van der Waals surface area contributed by atoms with Gasteiger partial charge in [0.05, 0.1) is 6.54 Å². The molecule has 0 fully saturated rings.